The van der Waals surface area contributed by atoms with Crippen LogP contribution in [-0.4, -0.2) is 24.5 Å². The fourth-order valence-corrected chi connectivity index (χ4v) is 3.89. The minimum Gasteiger partial charge on any atom is -0.493 e. The fourth-order valence-electron chi connectivity index (χ4n) is 3.89. The van der Waals surface area contributed by atoms with Crippen molar-refractivity contribution in [2.45, 2.75) is 32.2 Å². The van der Waals surface area contributed by atoms with Crippen molar-refractivity contribution < 1.29 is 4.74 Å². The van der Waals surface area contributed by atoms with Crippen LogP contribution in [0.4, 0.5) is 0 Å². The SMILES string of the molecule is C/C=C1/C[C@@](C)(c2cccc(-c3ccc4c(c3)CCO4)c2)NC(=N)N1C. The van der Waals surface area contributed by atoms with E-state index in [4.69, 9.17) is 10.1 Å². The van der Waals surface area contributed by atoms with Crippen molar-refractivity contribution in [3.63, 3.8) is 0 Å². The molecule has 4 nitrogen and oxygen atoms in total. The standard InChI is InChI=1S/C22H25N3O/c1-4-19-14-22(2,24-21(23)25(19)3)18-7-5-6-15(13-18)16-8-9-20-17(12-16)10-11-26-20/h4-9,12-13H,10-11,14H2,1-3H3,(H2,23,24)/b19-4-/t22-/m0/s1. The second-order valence-electron chi connectivity index (χ2n) is 7.32. The highest BCUT2D eigenvalue weighted by Gasteiger charge is 2.35. The number of ether oxygens (including phenoxy) is 1. The van der Waals surface area contributed by atoms with Crippen LogP contribution < -0.4 is 10.1 Å². The number of rotatable bonds is 2. The number of fused-ring (bicyclic) bond motifs is 1. The molecule has 2 aliphatic rings. The number of hydrogen-bond donors (Lipinski definition) is 2. The quantitative estimate of drug-likeness (QED) is 0.853. The first-order chi connectivity index (χ1) is 12.5. The molecule has 4 rings (SSSR count). The van der Waals surface area contributed by atoms with Gasteiger partial charge in [0.1, 0.15) is 5.75 Å². The Morgan fingerprint density at radius 2 is 2.00 bits per heavy atom. The van der Waals surface area contributed by atoms with Gasteiger partial charge < -0.3 is 15.0 Å². The van der Waals surface area contributed by atoms with Crippen LogP contribution >= 0.6 is 0 Å². The molecule has 2 aromatic rings. The van der Waals surface area contributed by atoms with Crippen molar-refractivity contribution in [2.75, 3.05) is 13.7 Å². The van der Waals surface area contributed by atoms with E-state index in [1.165, 1.54) is 22.3 Å². The second-order valence-corrected chi connectivity index (χ2v) is 7.32. The van der Waals surface area contributed by atoms with Gasteiger partial charge in [0.25, 0.3) is 0 Å². The molecular weight excluding hydrogens is 322 g/mol. The van der Waals surface area contributed by atoms with Gasteiger partial charge >= 0.3 is 0 Å². The van der Waals surface area contributed by atoms with E-state index in [0.29, 0.717) is 5.96 Å². The topological polar surface area (TPSA) is 48.4 Å². The Labute approximate surface area is 155 Å². The first kappa shape index (κ1) is 16.7. The van der Waals surface area contributed by atoms with Crippen molar-refractivity contribution in [1.82, 2.24) is 10.2 Å². The van der Waals surface area contributed by atoms with Gasteiger partial charge in [-0.2, -0.15) is 0 Å². The molecule has 2 aromatic carbocycles. The molecule has 4 heteroatoms. The highest BCUT2D eigenvalue weighted by atomic mass is 16.5. The molecule has 0 bridgehead atoms. The lowest BCUT2D eigenvalue weighted by atomic mass is 9.84. The van der Waals surface area contributed by atoms with Crippen molar-refractivity contribution in [3.05, 3.63) is 65.4 Å². The van der Waals surface area contributed by atoms with Gasteiger partial charge in [-0.15, -0.1) is 0 Å². The third kappa shape index (κ3) is 2.75. The predicted molar refractivity (Wildman–Crippen MR) is 105 cm³/mol. The van der Waals surface area contributed by atoms with Gasteiger partial charge in [0, 0.05) is 25.6 Å². The van der Waals surface area contributed by atoms with Crippen LogP contribution in [0.3, 0.4) is 0 Å². The molecule has 26 heavy (non-hydrogen) atoms. The smallest absolute Gasteiger partial charge is 0.195 e. The zero-order chi connectivity index (χ0) is 18.3. The zero-order valence-corrected chi connectivity index (χ0v) is 15.6. The number of nitrogens with one attached hydrogen (secondary N) is 2. The first-order valence-corrected chi connectivity index (χ1v) is 9.12. The summed E-state index contributed by atoms with van der Waals surface area (Å²) in [6, 6.07) is 15.1. The minimum atomic E-state index is -0.290. The molecule has 134 valence electrons. The van der Waals surface area contributed by atoms with Crippen LogP contribution in [0.15, 0.2) is 54.2 Å². The molecule has 1 atom stereocenters. The molecule has 2 heterocycles. The minimum absolute atomic E-state index is 0.290. The van der Waals surface area contributed by atoms with Crippen LogP contribution in [0.2, 0.25) is 0 Å². The monoisotopic (exact) mass is 347 g/mol. The van der Waals surface area contributed by atoms with Crippen molar-refractivity contribution in [3.8, 4) is 16.9 Å². The molecule has 0 radical (unpaired) electrons. The van der Waals surface area contributed by atoms with Gasteiger partial charge in [0.15, 0.2) is 5.96 Å². The Morgan fingerprint density at radius 3 is 2.81 bits per heavy atom. The van der Waals surface area contributed by atoms with Crippen LogP contribution in [0.25, 0.3) is 11.1 Å². The van der Waals surface area contributed by atoms with Crippen LogP contribution in [0.5, 0.6) is 5.75 Å². The van der Waals surface area contributed by atoms with Gasteiger partial charge in [-0.05, 0) is 54.3 Å². The van der Waals surface area contributed by atoms with Gasteiger partial charge in [0.05, 0.1) is 12.1 Å². The molecule has 0 saturated carbocycles. The predicted octanol–water partition coefficient (Wildman–Crippen LogP) is 4.27. The average Bonchev–Trinajstić information content (AvgIpc) is 3.12. The van der Waals surface area contributed by atoms with E-state index in [0.717, 1.165) is 30.9 Å². The lowest BCUT2D eigenvalue weighted by Crippen LogP contribution is -2.54. The summed E-state index contributed by atoms with van der Waals surface area (Å²) in [5, 5.41) is 11.7. The number of guanidine groups is 1. The third-order valence-electron chi connectivity index (χ3n) is 5.55. The Balaban J connectivity index is 1.70. The largest absolute Gasteiger partial charge is 0.493 e. The first-order valence-electron chi connectivity index (χ1n) is 9.12. The van der Waals surface area contributed by atoms with Gasteiger partial charge in [-0.25, -0.2) is 0 Å². The summed E-state index contributed by atoms with van der Waals surface area (Å²) in [7, 11) is 1.94. The number of benzene rings is 2. The Bertz CT molecular complexity index is 902. The maximum Gasteiger partial charge on any atom is 0.195 e. The van der Waals surface area contributed by atoms with Crippen molar-refractivity contribution >= 4 is 5.96 Å². The molecule has 0 aliphatic carbocycles. The molecule has 0 amide bonds. The molecule has 2 N–H and O–H groups in total. The molecule has 1 fully saturated rings. The van der Waals surface area contributed by atoms with E-state index in [-0.39, 0.29) is 5.54 Å². The number of nitrogens with zero attached hydrogens (tertiary/aromatic N) is 1. The number of hydrogen-bond acceptors (Lipinski definition) is 2. The van der Waals surface area contributed by atoms with E-state index in [1.54, 1.807) is 0 Å². The van der Waals surface area contributed by atoms with Crippen LogP contribution in [0, 0.1) is 5.41 Å². The molecule has 2 aliphatic heterocycles. The van der Waals surface area contributed by atoms with Gasteiger partial charge in [-0.3, -0.25) is 5.41 Å². The van der Waals surface area contributed by atoms with E-state index in [9.17, 15) is 0 Å². The summed E-state index contributed by atoms with van der Waals surface area (Å²) in [6.45, 7) is 4.99. The highest BCUT2D eigenvalue weighted by molar-refractivity contribution is 5.81. The normalized spacial score (nSPS) is 23.6. The highest BCUT2D eigenvalue weighted by Crippen LogP contribution is 2.36. The third-order valence-corrected chi connectivity index (χ3v) is 5.55. The lowest BCUT2D eigenvalue weighted by Gasteiger charge is -2.42. The van der Waals surface area contributed by atoms with Gasteiger partial charge in [-0.1, -0.05) is 30.3 Å². The maximum absolute atomic E-state index is 8.29. The molecule has 0 unspecified atom stereocenters. The molecule has 0 spiro atoms. The lowest BCUT2D eigenvalue weighted by molar-refractivity contribution is 0.335. The zero-order valence-electron chi connectivity index (χ0n) is 15.6. The second kappa shape index (κ2) is 6.20. The fraction of sp³-hybridized carbons (Fsp3) is 0.318. The summed E-state index contributed by atoms with van der Waals surface area (Å²) in [5.41, 5.74) is 5.78. The Kier molecular flexibility index (Phi) is 3.98. The van der Waals surface area contributed by atoms with E-state index < -0.39 is 0 Å². The van der Waals surface area contributed by atoms with Crippen molar-refractivity contribution in [2.24, 2.45) is 0 Å². The Hall–Kier alpha value is -2.75. The summed E-state index contributed by atoms with van der Waals surface area (Å²) in [5.74, 6) is 1.45. The maximum atomic E-state index is 8.29. The molecular formula is C22H25N3O. The number of allylic oxidation sites excluding steroid dienone is 1. The Morgan fingerprint density at radius 1 is 1.19 bits per heavy atom. The average molecular weight is 347 g/mol. The van der Waals surface area contributed by atoms with E-state index in [1.807, 2.05) is 18.9 Å². The van der Waals surface area contributed by atoms with E-state index in [2.05, 4.69) is 60.8 Å². The summed E-state index contributed by atoms with van der Waals surface area (Å²) in [6.07, 6.45) is 3.93. The van der Waals surface area contributed by atoms with E-state index >= 15 is 0 Å². The van der Waals surface area contributed by atoms with Crippen LogP contribution in [0.1, 0.15) is 31.4 Å². The van der Waals surface area contributed by atoms with Crippen molar-refractivity contribution in [1.29, 1.82) is 5.41 Å². The van der Waals surface area contributed by atoms with Gasteiger partial charge in [0.2, 0.25) is 0 Å². The summed E-state index contributed by atoms with van der Waals surface area (Å²) >= 11 is 0. The van der Waals surface area contributed by atoms with Crippen LogP contribution in [-0.2, 0) is 12.0 Å². The summed E-state index contributed by atoms with van der Waals surface area (Å²) in [4.78, 5) is 1.91. The summed E-state index contributed by atoms with van der Waals surface area (Å²) < 4.78 is 5.63. The molecule has 0 aromatic heterocycles. The molecule has 1 saturated heterocycles.